The van der Waals surface area contributed by atoms with Crippen LogP contribution in [0.25, 0.3) is 0 Å². The van der Waals surface area contributed by atoms with Crippen molar-refractivity contribution in [3.05, 3.63) is 48.0 Å². The van der Waals surface area contributed by atoms with Crippen LogP contribution in [-0.2, 0) is 25.6 Å². The van der Waals surface area contributed by atoms with Crippen molar-refractivity contribution < 1.29 is 34.0 Å². The lowest BCUT2D eigenvalue weighted by Crippen LogP contribution is -2.50. The first-order chi connectivity index (χ1) is 11.0. The molecule has 0 bridgehead atoms. The predicted octanol–water partition coefficient (Wildman–Crippen LogP) is 0.933. The van der Waals surface area contributed by atoms with E-state index in [1.807, 2.05) is 6.07 Å². The largest absolute Gasteiger partial charge is 0.510 e. The molecule has 2 N–H and O–H groups in total. The highest BCUT2D eigenvalue weighted by atomic mass is 16.7. The fourth-order valence-corrected chi connectivity index (χ4v) is 2.22. The lowest BCUT2D eigenvalue weighted by Gasteiger charge is -2.33. The summed E-state index contributed by atoms with van der Waals surface area (Å²) in [4.78, 5) is 23.8. The van der Waals surface area contributed by atoms with Crippen LogP contribution in [0, 0.1) is 0 Å². The highest BCUT2D eigenvalue weighted by Crippen LogP contribution is 2.29. The molecule has 0 spiro atoms. The predicted molar refractivity (Wildman–Crippen MR) is 78.2 cm³/mol. The highest BCUT2D eigenvalue weighted by molar-refractivity contribution is 5.85. The fourth-order valence-electron chi connectivity index (χ4n) is 2.22. The molecule has 1 aromatic carbocycles. The Balaban J connectivity index is 2.05. The average Bonchev–Trinajstić information content (AvgIpc) is 2.56. The van der Waals surface area contributed by atoms with E-state index in [0.29, 0.717) is 0 Å². The Morgan fingerprint density at radius 1 is 1.26 bits per heavy atom. The van der Waals surface area contributed by atoms with Crippen LogP contribution in [0.5, 0.6) is 0 Å². The third kappa shape index (κ3) is 4.08. The molecule has 0 saturated carbocycles. The van der Waals surface area contributed by atoms with E-state index in [2.05, 4.69) is 4.74 Å². The Kier molecular flexibility index (Phi) is 5.36. The standard InChI is InChI=1S/C16H18O7/c1-21-14(19)16(8-7-12(17)13(18)9-16)23-15(20)22-10-11-5-3-2-4-6-11/h2-8,12-13,17-18H,9-10H2,1H3/t12-,13+,16+/m0/s1. The van der Waals surface area contributed by atoms with Crippen LogP contribution < -0.4 is 0 Å². The molecule has 7 heteroatoms. The van der Waals surface area contributed by atoms with E-state index < -0.39 is 29.9 Å². The van der Waals surface area contributed by atoms with Crippen LogP contribution in [0.4, 0.5) is 4.79 Å². The molecular formula is C16H18O7. The molecule has 1 aliphatic carbocycles. The minimum absolute atomic E-state index is 0.0220. The molecule has 0 heterocycles. The molecule has 0 amide bonds. The van der Waals surface area contributed by atoms with Crippen molar-refractivity contribution in [3.8, 4) is 0 Å². The van der Waals surface area contributed by atoms with Crippen molar-refractivity contribution in [3.63, 3.8) is 0 Å². The molecule has 0 aliphatic heterocycles. The second-order valence-electron chi connectivity index (χ2n) is 5.13. The van der Waals surface area contributed by atoms with Gasteiger partial charge < -0.3 is 24.4 Å². The summed E-state index contributed by atoms with van der Waals surface area (Å²) >= 11 is 0. The number of carbonyl (C=O) groups is 2. The number of carbonyl (C=O) groups excluding carboxylic acids is 2. The van der Waals surface area contributed by atoms with Crippen LogP contribution >= 0.6 is 0 Å². The van der Waals surface area contributed by atoms with Crippen molar-refractivity contribution >= 4 is 12.1 Å². The maximum absolute atomic E-state index is 12.0. The van der Waals surface area contributed by atoms with Crippen LogP contribution in [0.3, 0.4) is 0 Å². The van der Waals surface area contributed by atoms with E-state index in [1.54, 1.807) is 24.3 Å². The lowest BCUT2D eigenvalue weighted by molar-refractivity contribution is -0.165. The van der Waals surface area contributed by atoms with Gasteiger partial charge in [-0.05, 0) is 11.6 Å². The van der Waals surface area contributed by atoms with Crippen molar-refractivity contribution in [2.75, 3.05) is 7.11 Å². The number of aliphatic hydroxyl groups is 2. The Hall–Kier alpha value is -2.38. The van der Waals surface area contributed by atoms with Gasteiger partial charge in [0.05, 0.1) is 19.3 Å². The van der Waals surface area contributed by atoms with Gasteiger partial charge in [0, 0.05) is 6.42 Å². The van der Waals surface area contributed by atoms with Gasteiger partial charge in [0.15, 0.2) is 0 Å². The molecule has 124 valence electrons. The normalized spacial score (nSPS) is 26.4. The van der Waals surface area contributed by atoms with Gasteiger partial charge in [0.2, 0.25) is 5.60 Å². The third-order valence-electron chi connectivity index (χ3n) is 3.47. The number of ether oxygens (including phenoxy) is 3. The molecule has 0 saturated heterocycles. The molecule has 0 radical (unpaired) electrons. The molecule has 1 aliphatic rings. The van der Waals surface area contributed by atoms with Crippen molar-refractivity contribution in [2.24, 2.45) is 0 Å². The van der Waals surface area contributed by atoms with Gasteiger partial charge >= 0.3 is 12.1 Å². The van der Waals surface area contributed by atoms with Crippen molar-refractivity contribution in [2.45, 2.75) is 30.8 Å². The van der Waals surface area contributed by atoms with Gasteiger partial charge in [0.25, 0.3) is 0 Å². The Labute approximate surface area is 133 Å². The summed E-state index contributed by atoms with van der Waals surface area (Å²) in [6.45, 7) is -0.0220. The number of aliphatic hydroxyl groups excluding tert-OH is 2. The first-order valence-electron chi connectivity index (χ1n) is 7.00. The summed E-state index contributed by atoms with van der Waals surface area (Å²) in [7, 11) is 1.13. The Morgan fingerprint density at radius 3 is 2.57 bits per heavy atom. The van der Waals surface area contributed by atoms with Crippen LogP contribution in [0.2, 0.25) is 0 Å². The number of esters is 1. The van der Waals surface area contributed by atoms with E-state index in [0.717, 1.165) is 12.7 Å². The second kappa shape index (κ2) is 7.26. The maximum Gasteiger partial charge on any atom is 0.510 e. The second-order valence-corrected chi connectivity index (χ2v) is 5.13. The summed E-state index contributed by atoms with van der Waals surface area (Å²) in [5, 5.41) is 19.2. The SMILES string of the molecule is COC(=O)[C@@]1(OC(=O)OCc2ccccc2)C=C[C@H](O)[C@H](O)C1. The highest BCUT2D eigenvalue weighted by Gasteiger charge is 2.47. The van der Waals surface area contributed by atoms with Gasteiger partial charge in [-0.2, -0.15) is 0 Å². The van der Waals surface area contributed by atoms with Gasteiger partial charge in [-0.25, -0.2) is 9.59 Å². The topological polar surface area (TPSA) is 102 Å². The van der Waals surface area contributed by atoms with E-state index in [-0.39, 0.29) is 13.0 Å². The number of hydrogen-bond acceptors (Lipinski definition) is 7. The zero-order chi connectivity index (χ0) is 16.9. The first kappa shape index (κ1) is 17.0. The quantitative estimate of drug-likeness (QED) is 0.628. The van der Waals surface area contributed by atoms with E-state index in [9.17, 15) is 19.8 Å². The zero-order valence-electron chi connectivity index (χ0n) is 12.5. The van der Waals surface area contributed by atoms with Crippen molar-refractivity contribution in [1.82, 2.24) is 0 Å². The smallest absolute Gasteiger partial charge is 0.466 e. The van der Waals surface area contributed by atoms with Gasteiger partial charge in [-0.15, -0.1) is 0 Å². The Morgan fingerprint density at radius 2 is 1.96 bits per heavy atom. The molecule has 23 heavy (non-hydrogen) atoms. The van der Waals surface area contributed by atoms with E-state index in [1.165, 1.54) is 12.2 Å². The third-order valence-corrected chi connectivity index (χ3v) is 3.47. The van der Waals surface area contributed by atoms with E-state index >= 15 is 0 Å². The van der Waals surface area contributed by atoms with Crippen LogP contribution in [0.1, 0.15) is 12.0 Å². The summed E-state index contributed by atoms with van der Waals surface area (Å²) in [5.41, 5.74) is -1.06. The maximum atomic E-state index is 12.0. The van der Waals surface area contributed by atoms with E-state index in [4.69, 9.17) is 9.47 Å². The number of hydrogen-bond donors (Lipinski definition) is 2. The Bertz CT molecular complexity index is 583. The fraction of sp³-hybridized carbons (Fsp3) is 0.375. The van der Waals surface area contributed by atoms with Crippen molar-refractivity contribution in [1.29, 1.82) is 0 Å². The first-order valence-corrected chi connectivity index (χ1v) is 7.00. The number of rotatable bonds is 4. The van der Waals surface area contributed by atoms with Gasteiger partial charge in [-0.1, -0.05) is 36.4 Å². The average molecular weight is 322 g/mol. The lowest BCUT2D eigenvalue weighted by atomic mass is 9.87. The minimum atomic E-state index is -1.82. The zero-order valence-corrected chi connectivity index (χ0v) is 12.5. The number of benzene rings is 1. The molecule has 0 fully saturated rings. The molecular weight excluding hydrogens is 304 g/mol. The molecule has 1 aromatic rings. The minimum Gasteiger partial charge on any atom is -0.466 e. The molecule has 7 nitrogen and oxygen atoms in total. The number of methoxy groups -OCH3 is 1. The molecule has 0 aromatic heterocycles. The summed E-state index contributed by atoms with van der Waals surface area (Å²) in [6.07, 6.45) is -1.43. The molecule has 3 atom stereocenters. The monoisotopic (exact) mass is 322 g/mol. The summed E-state index contributed by atoms with van der Waals surface area (Å²) in [6, 6.07) is 8.95. The van der Waals surface area contributed by atoms with Crippen LogP contribution in [0.15, 0.2) is 42.5 Å². The summed E-state index contributed by atoms with van der Waals surface area (Å²) < 4.78 is 14.7. The molecule has 0 unspecified atom stereocenters. The van der Waals surface area contributed by atoms with Crippen LogP contribution in [-0.4, -0.2) is 47.3 Å². The molecule has 2 rings (SSSR count). The van der Waals surface area contributed by atoms with Gasteiger partial charge in [0.1, 0.15) is 6.61 Å². The van der Waals surface area contributed by atoms with Gasteiger partial charge in [-0.3, -0.25) is 0 Å². The summed E-state index contributed by atoms with van der Waals surface area (Å²) in [5.74, 6) is -0.864.